The van der Waals surface area contributed by atoms with Gasteiger partial charge in [-0.25, -0.2) is 0 Å². The predicted molar refractivity (Wildman–Crippen MR) is 84.8 cm³/mol. The van der Waals surface area contributed by atoms with Gasteiger partial charge in [-0.1, -0.05) is 24.3 Å². The van der Waals surface area contributed by atoms with E-state index >= 15 is 0 Å². The molecule has 1 aliphatic carbocycles. The van der Waals surface area contributed by atoms with Gasteiger partial charge >= 0.3 is 0 Å². The molecule has 0 radical (unpaired) electrons. The van der Waals surface area contributed by atoms with E-state index < -0.39 is 0 Å². The second kappa shape index (κ2) is 7.25. The van der Waals surface area contributed by atoms with Crippen molar-refractivity contribution >= 4 is 5.91 Å². The minimum atomic E-state index is 0.0635. The molecule has 4 heteroatoms. The van der Waals surface area contributed by atoms with Crippen molar-refractivity contribution in [1.29, 1.82) is 0 Å². The monoisotopic (exact) mass is 303 g/mol. The van der Waals surface area contributed by atoms with Crippen molar-refractivity contribution in [3.63, 3.8) is 0 Å². The number of amides is 1. The number of benzene rings is 1. The number of likely N-dealkylation sites (N-methyl/N-ethyl adjacent to an activating group) is 1. The first-order valence-electron chi connectivity index (χ1n) is 8.26. The molecule has 1 aliphatic heterocycles. The number of carbonyl (C=O) groups excluding carboxylic acids is 1. The summed E-state index contributed by atoms with van der Waals surface area (Å²) in [5.41, 5.74) is 2.73. The van der Waals surface area contributed by atoms with Gasteiger partial charge in [0.15, 0.2) is 0 Å². The highest BCUT2D eigenvalue weighted by atomic mass is 16.5. The van der Waals surface area contributed by atoms with Crippen molar-refractivity contribution in [3.05, 3.63) is 35.4 Å². The van der Waals surface area contributed by atoms with Gasteiger partial charge in [0.1, 0.15) is 6.61 Å². The van der Waals surface area contributed by atoms with Crippen LogP contribution >= 0.6 is 0 Å². The Hall–Kier alpha value is -1.39. The van der Waals surface area contributed by atoms with Gasteiger partial charge in [0.25, 0.3) is 0 Å². The zero-order valence-electron chi connectivity index (χ0n) is 13.3. The molecule has 0 aromatic heterocycles. The molecule has 0 bridgehead atoms. The number of fused-ring (bicyclic) bond motifs is 1. The van der Waals surface area contributed by atoms with Gasteiger partial charge in [-0.3, -0.25) is 4.79 Å². The third-order valence-corrected chi connectivity index (χ3v) is 4.77. The Kier molecular flexibility index (Phi) is 5.11. The van der Waals surface area contributed by atoms with Crippen LogP contribution in [0.5, 0.6) is 0 Å². The van der Waals surface area contributed by atoms with Crippen LogP contribution in [0.1, 0.15) is 30.4 Å². The molecule has 0 spiro atoms. The Morgan fingerprint density at radius 3 is 2.64 bits per heavy atom. The maximum Gasteiger partial charge on any atom is 0.248 e. The van der Waals surface area contributed by atoms with E-state index in [4.69, 9.17) is 9.47 Å². The minimum Gasteiger partial charge on any atom is -0.376 e. The highest BCUT2D eigenvalue weighted by molar-refractivity contribution is 5.77. The third-order valence-electron chi connectivity index (χ3n) is 4.77. The smallest absolute Gasteiger partial charge is 0.248 e. The van der Waals surface area contributed by atoms with Crippen molar-refractivity contribution < 1.29 is 14.3 Å². The summed E-state index contributed by atoms with van der Waals surface area (Å²) >= 11 is 0. The molecule has 1 aromatic rings. The summed E-state index contributed by atoms with van der Waals surface area (Å²) in [6.45, 7) is 1.51. The van der Waals surface area contributed by atoms with E-state index in [0.717, 1.165) is 32.3 Å². The predicted octanol–water partition coefficient (Wildman–Crippen LogP) is 2.20. The Bertz CT molecular complexity index is 486. The molecule has 2 aliphatic rings. The van der Waals surface area contributed by atoms with Crippen molar-refractivity contribution in [2.75, 3.05) is 26.9 Å². The second-order valence-corrected chi connectivity index (χ2v) is 6.34. The summed E-state index contributed by atoms with van der Waals surface area (Å²) in [5, 5.41) is 0. The van der Waals surface area contributed by atoms with Gasteiger partial charge in [0, 0.05) is 19.7 Å². The highest BCUT2D eigenvalue weighted by Crippen LogP contribution is 2.24. The second-order valence-electron chi connectivity index (χ2n) is 6.34. The molecule has 1 amide bonds. The largest absolute Gasteiger partial charge is 0.376 e. The first-order valence-corrected chi connectivity index (χ1v) is 8.26. The molecule has 3 rings (SSSR count). The number of ether oxygens (including phenoxy) is 2. The van der Waals surface area contributed by atoms with Crippen LogP contribution < -0.4 is 0 Å². The van der Waals surface area contributed by atoms with Crippen molar-refractivity contribution in [3.8, 4) is 0 Å². The van der Waals surface area contributed by atoms with Crippen LogP contribution in [0, 0.1) is 0 Å². The van der Waals surface area contributed by atoms with Crippen LogP contribution in [0.15, 0.2) is 24.3 Å². The van der Waals surface area contributed by atoms with Gasteiger partial charge in [-0.15, -0.1) is 0 Å². The number of nitrogens with zero attached hydrogens (tertiary/aromatic N) is 1. The van der Waals surface area contributed by atoms with E-state index in [1.54, 1.807) is 0 Å². The van der Waals surface area contributed by atoms with E-state index in [2.05, 4.69) is 24.3 Å². The lowest BCUT2D eigenvalue weighted by Gasteiger charge is -2.26. The topological polar surface area (TPSA) is 38.8 Å². The highest BCUT2D eigenvalue weighted by Gasteiger charge is 2.27. The molecule has 120 valence electrons. The van der Waals surface area contributed by atoms with E-state index in [0.29, 0.717) is 6.61 Å². The summed E-state index contributed by atoms with van der Waals surface area (Å²) in [6, 6.07) is 8.71. The van der Waals surface area contributed by atoms with Crippen LogP contribution in [-0.4, -0.2) is 49.8 Å². The molecule has 1 saturated heterocycles. The molecule has 4 nitrogen and oxygen atoms in total. The van der Waals surface area contributed by atoms with Gasteiger partial charge in [-0.05, 0) is 43.2 Å². The zero-order chi connectivity index (χ0) is 15.4. The van der Waals surface area contributed by atoms with Gasteiger partial charge in [0.05, 0.1) is 12.7 Å². The van der Waals surface area contributed by atoms with Crippen LogP contribution in [0.25, 0.3) is 0 Å². The summed E-state index contributed by atoms with van der Waals surface area (Å²) in [4.78, 5) is 14.1. The van der Waals surface area contributed by atoms with Crippen molar-refractivity contribution in [2.24, 2.45) is 0 Å². The van der Waals surface area contributed by atoms with E-state index in [1.807, 2.05) is 11.9 Å². The normalized spacial score (nSPS) is 21.6. The Morgan fingerprint density at radius 2 is 2.00 bits per heavy atom. The maximum atomic E-state index is 12.3. The minimum absolute atomic E-state index is 0.0635. The Morgan fingerprint density at radius 1 is 1.27 bits per heavy atom. The Labute approximate surface area is 132 Å². The molecule has 1 heterocycles. The maximum absolute atomic E-state index is 12.3. The fraction of sp³-hybridized carbons (Fsp3) is 0.611. The standard InChI is InChI=1S/C18H25NO3/c1-19(16-10-14-6-2-3-7-15(14)11-16)18(20)13-21-12-17-8-4-5-9-22-17/h2-3,6-7,16-17H,4-5,8-13H2,1H3/t17-/m1/s1. The third kappa shape index (κ3) is 3.68. The molecular formula is C18H25NO3. The number of hydrogen-bond acceptors (Lipinski definition) is 3. The van der Waals surface area contributed by atoms with Crippen LogP contribution in [0.2, 0.25) is 0 Å². The van der Waals surface area contributed by atoms with Crippen LogP contribution in [0.3, 0.4) is 0 Å². The van der Waals surface area contributed by atoms with Crippen molar-refractivity contribution in [2.45, 2.75) is 44.2 Å². The summed E-state index contributed by atoms with van der Waals surface area (Å²) in [6.07, 6.45) is 5.45. The van der Waals surface area contributed by atoms with Crippen LogP contribution in [0.4, 0.5) is 0 Å². The van der Waals surface area contributed by atoms with Gasteiger partial charge in [0.2, 0.25) is 5.91 Å². The van der Waals surface area contributed by atoms with Gasteiger partial charge in [-0.2, -0.15) is 0 Å². The lowest BCUT2D eigenvalue weighted by Crippen LogP contribution is -2.40. The number of carbonyl (C=O) groups is 1. The quantitative estimate of drug-likeness (QED) is 0.837. The summed E-state index contributed by atoms with van der Waals surface area (Å²) in [5.74, 6) is 0.0635. The molecule has 1 fully saturated rings. The lowest BCUT2D eigenvalue weighted by molar-refractivity contribution is -0.138. The SMILES string of the molecule is CN(C(=O)COC[C@H]1CCCCO1)C1Cc2ccccc2C1. The summed E-state index contributed by atoms with van der Waals surface area (Å²) < 4.78 is 11.2. The number of rotatable bonds is 5. The first kappa shape index (κ1) is 15.5. The molecular weight excluding hydrogens is 278 g/mol. The van der Waals surface area contributed by atoms with Crippen LogP contribution in [-0.2, 0) is 27.1 Å². The first-order chi connectivity index (χ1) is 10.7. The van der Waals surface area contributed by atoms with Crippen molar-refractivity contribution in [1.82, 2.24) is 4.90 Å². The van der Waals surface area contributed by atoms with E-state index in [1.165, 1.54) is 17.5 Å². The molecule has 0 saturated carbocycles. The van der Waals surface area contributed by atoms with E-state index in [-0.39, 0.29) is 24.7 Å². The molecule has 22 heavy (non-hydrogen) atoms. The fourth-order valence-corrected chi connectivity index (χ4v) is 3.33. The molecule has 0 N–H and O–H groups in total. The van der Waals surface area contributed by atoms with Gasteiger partial charge < -0.3 is 14.4 Å². The molecule has 1 aromatic carbocycles. The Balaban J connectivity index is 1.42. The zero-order valence-corrected chi connectivity index (χ0v) is 13.3. The fourth-order valence-electron chi connectivity index (χ4n) is 3.33. The number of hydrogen-bond donors (Lipinski definition) is 0. The van der Waals surface area contributed by atoms with E-state index in [9.17, 15) is 4.79 Å². The molecule has 1 atom stereocenters. The lowest BCUT2D eigenvalue weighted by atomic mass is 10.1. The average Bonchev–Trinajstić information content (AvgIpc) is 2.99. The summed E-state index contributed by atoms with van der Waals surface area (Å²) in [7, 11) is 1.89. The molecule has 0 unspecified atom stereocenters. The average molecular weight is 303 g/mol.